The highest BCUT2D eigenvalue weighted by Gasteiger charge is 2.24. The Bertz CT molecular complexity index is 535. The van der Waals surface area contributed by atoms with Crippen LogP contribution in [0.2, 0.25) is 0 Å². The smallest absolute Gasteiger partial charge is 0.311 e. The summed E-state index contributed by atoms with van der Waals surface area (Å²) in [5, 5.41) is 23.2. The number of ether oxygens (including phenoxy) is 1. The molecule has 20 heavy (non-hydrogen) atoms. The molecule has 0 saturated heterocycles. The maximum atomic E-state index is 10.9. The van der Waals surface area contributed by atoms with E-state index in [0.29, 0.717) is 18.2 Å². The van der Waals surface area contributed by atoms with Crippen LogP contribution in [0.4, 0.5) is 5.69 Å². The van der Waals surface area contributed by atoms with Crippen LogP contribution in [-0.2, 0) is 0 Å². The minimum atomic E-state index is -0.452. The molecule has 0 spiro atoms. The zero-order valence-electron chi connectivity index (χ0n) is 11.3. The Balaban J connectivity index is 1.93. The molecule has 1 atom stereocenters. The van der Waals surface area contributed by atoms with Crippen LogP contribution in [-0.4, -0.2) is 23.6 Å². The lowest BCUT2D eigenvalue weighted by Gasteiger charge is -2.13. The van der Waals surface area contributed by atoms with Gasteiger partial charge in [-0.15, -0.1) is 0 Å². The Kier molecular flexibility index (Phi) is 4.53. The number of nitrogens with zero attached hydrogens (tertiary/aromatic N) is 2. The molecule has 1 aromatic rings. The normalized spacial score (nSPS) is 15.4. The molecule has 106 valence electrons. The summed E-state index contributed by atoms with van der Waals surface area (Å²) < 4.78 is 5.53. The molecule has 1 aliphatic rings. The van der Waals surface area contributed by atoms with Crippen LogP contribution < -0.4 is 10.1 Å². The van der Waals surface area contributed by atoms with Gasteiger partial charge in [0.25, 0.3) is 0 Å². The van der Waals surface area contributed by atoms with Gasteiger partial charge in [0.05, 0.1) is 23.6 Å². The first-order valence-electron chi connectivity index (χ1n) is 6.64. The van der Waals surface area contributed by atoms with Gasteiger partial charge in [-0.05, 0) is 25.3 Å². The first-order valence-corrected chi connectivity index (χ1v) is 6.64. The quantitative estimate of drug-likeness (QED) is 0.609. The number of rotatable bonds is 7. The molecule has 0 radical (unpaired) electrons. The highest BCUT2D eigenvalue weighted by Crippen LogP contribution is 2.30. The average Bonchev–Trinajstić information content (AvgIpc) is 3.23. The third kappa shape index (κ3) is 3.68. The van der Waals surface area contributed by atoms with Crippen LogP contribution in [0.15, 0.2) is 18.2 Å². The Hall–Kier alpha value is -2.13. The fourth-order valence-corrected chi connectivity index (χ4v) is 1.97. The van der Waals surface area contributed by atoms with Gasteiger partial charge in [0.15, 0.2) is 5.75 Å². The van der Waals surface area contributed by atoms with Gasteiger partial charge < -0.3 is 4.74 Å². The largest absolute Gasteiger partial charge is 0.487 e. The van der Waals surface area contributed by atoms with E-state index in [1.54, 1.807) is 19.1 Å². The summed E-state index contributed by atoms with van der Waals surface area (Å²) in [6, 6.07) is 7.20. The first-order chi connectivity index (χ1) is 9.61. The Morgan fingerprint density at radius 1 is 1.60 bits per heavy atom. The van der Waals surface area contributed by atoms with Crippen molar-refractivity contribution in [3.63, 3.8) is 0 Å². The molecule has 0 aliphatic heterocycles. The molecule has 1 fully saturated rings. The van der Waals surface area contributed by atoms with Gasteiger partial charge in [0, 0.05) is 18.5 Å². The van der Waals surface area contributed by atoms with Crippen molar-refractivity contribution in [2.24, 2.45) is 0 Å². The molecule has 0 bridgehead atoms. The van der Waals surface area contributed by atoms with E-state index in [4.69, 9.17) is 10.00 Å². The van der Waals surface area contributed by atoms with Crippen molar-refractivity contribution in [3.8, 4) is 11.8 Å². The second-order valence-electron chi connectivity index (χ2n) is 4.94. The molecule has 0 aromatic heterocycles. The Morgan fingerprint density at radius 3 is 2.95 bits per heavy atom. The molecule has 1 saturated carbocycles. The van der Waals surface area contributed by atoms with Crippen molar-refractivity contribution in [2.45, 2.75) is 38.3 Å². The minimum Gasteiger partial charge on any atom is -0.487 e. The van der Waals surface area contributed by atoms with E-state index in [2.05, 4.69) is 11.4 Å². The van der Waals surface area contributed by atoms with E-state index in [9.17, 15) is 10.1 Å². The van der Waals surface area contributed by atoms with Gasteiger partial charge in [-0.3, -0.25) is 15.4 Å². The monoisotopic (exact) mass is 275 g/mol. The van der Waals surface area contributed by atoms with E-state index in [0.717, 1.165) is 18.4 Å². The molecule has 0 heterocycles. The number of nitro groups is 1. The molecular formula is C14H17N3O3. The maximum Gasteiger partial charge on any atom is 0.311 e. The van der Waals surface area contributed by atoms with Gasteiger partial charge in [0.2, 0.25) is 0 Å². The van der Waals surface area contributed by atoms with E-state index in [1.165, 1.54) is 6.07 Å². The molecule has 0 amide bonds. The topological polar surface area (TPSA) is 88.2 Å². The van der Waals surface area contributed by atoms with E-state index in [-0.39, 0.29) is 18.3 Å². The predicted molar refractivity (Wildman–Crippen MR) is 73.5 cm³/mol. The average molecular weight is 275 g/mol. The van der Waals surface area contributed by atoms with E-state index < -0.39 is 4.92 Å². The number of hydrogen-bond acceptors (Lipinski definition) is 5. The van der Waals surface area contributed by atoms with Gasteiger partial charge in [-0.1, -0.05) is 12.1 Å². The van der Waals surface area contributed by atoms with Gasteiger partial charge >= 0.3 is 5.69 Å². The molecule has 1 unspecified atom stereocenters. The summed E-state index contributed by atoms with van der Waals surface area (Å²) in [5.74, 6) is 0.292. The van der Waals surface area contributed by atoms with Crippen LogP contribution in [0.25, 0.3) is 0 Å². The molecule has 1 aromatic carbocycles. The van der Waals surface area contributed by atoms with Crippen molar-refractivity contribution in [3.05, 3.63) is 33.9 Å². The first kappa shape index (κ1) is 14.3. The van der Waals surface area contributed by atoms with E-state index >= 15 is 0 Å². The molecule has 1 aliphatic carbocycles. The fourth-order valence-electron chi connectivity index (χ4n) is 1.97. The maximum absolute atomic E-state index is 10.9. The van der Waals surface area contributed by atoms with Gasteiger partial charge in [0.1, 0.15) is 0 Å². The number of benzene rings is 1. The van der Waals surface area contributed by atoms with Crippen molar-refractivity contribution < 1.29 is 9.66 Å². The number of nitriles is 1. The van der Waals surface area contributed by atoms with Crippen LogP contribution in [0.5, 0.6) is 5.75 Å². The van der Waals surface area contributed by atoms with Crippen molar-refractivity contribution in [1.82, 2.24) is 5.32 Å². The van der Waals surface area contributed by atoms with Gasteiger partial charge in [-0.25, -0.2) is 0 Å². The summed E-state index contributed by atoms with van der Waals surface area (Å²) in [4.78, 5) is 10.5. The summed E-state index contributed by atoms with van der Waals surface area (Å²) in [6.07, 6.45) is 2.74. The molecule has 2 rings (SSSR count). The lowest BCUT2D eigenvalue weighted by atomic mass is 10.2. The number of aryl methyl sites for hydroxylation is 1. The van der Waals surface area contributed by atoms with Crippen LogP contribution in [0.3, 0.4) is 0 Å². The molecule has 1 N–H and O–H groups in total. The highest BCUT2D eigenvalue weighted by atomic mass is 16.6. The van der Waals surface area contributed by atoms with Crippen LogP contribution >= 0.6 is 0 Å². The molecule has 6 nitrogen and oxygen atoms in total. The summed E-state index contributed by atoms with van der Waals surface area (Å²) >= 11 is 0. The second kappa shape index (κ2) is 6.35. The SMILES string of the molecule is Cc1cccc([N+](=O)[O-])c1OCCC(C#N)NC1CC1. The third-order valence-electron chi connectivity index (χ3n) is 3.21. The lowest BCUT2D eigenvalue weighted by Crippen LogP contribution is -2.31. The Morgan fingerprint density at radius 2 is 2.35 bits per heavy atom. The summed E-state index contributed by atoms with van der Waals surface area (Å²) in [6.45, 7) is 2.05. The van der Waals surface area contributed by atoms with Crippen LogP contribution in [0, 0.1) is 28.4 Å². The molecule has 6 heteroatoms. The number of para-hydroxylation sites is 1. The summed E-state index contributed by atoms with van der Waals surface area (Å²) in [5.41, 5.74) is 0.691. The lowest BCUT2D eigenvalue weighted by molar-refractivity contribution is -0.385. The van der Waals surface area contributed by atoms with Crippen molar-refractivity contribution in [2.75, 3.05) is 6.61 Å². The number of nitrogens with one attached hydrogen (secondary N) is 1. The van der Waals surface area contributed by atoms with Gasteiger partial charge in [-0.2, -0.15) is 5.26 Å². The minimum absolute atomic E-state index is 0.0336. The zero-order valence-corrected chi connectivity index (χ0v) is 11.3. The van der Waals surface area contributed by atoms with Crippen LogP contribution in [0.1, 0.15) is 24.8 Å². The number of hydrogen-bond donors (Lipinski definition) is 1. The fraction of sp³-hybridized carbons (Fsp3) is 0.500. The van der Waals surface area contributed by atoms with E-state index in [1.807, 2.05) is 0 Å². The van der Waals surface area contributed by atoms with Crippen molar-refractivity contribution >= 4 is 5.69 Å². The standard InChI is InChI=1S/C14H17N3O3/c1-10-3-2-4-13(17(18)19)14(10)20-8-7-12(9-15)16-11-5-6-11/h2-4,11-12,16H,5-8H2,1H3. The highest BCUT2D eigenvalue weighted by molar-refractivity contribution is 5.51. The predicted octanol–water partition coefficient (Wildman–Crippen LogP) is 2.32. The van der Waals surface area contributed by atoms with Crippen molar-refractivity contribution in [1.29, 1.82) is 5.26 Å². The number of nitro benzene ring substituents is 1. The second-order valence-corrected chi connectivity index (χ2v) is 4.94. The third-order valence-corrected chi connectivity index (χ3v) is 3.21. The summed E-state index contributed by atoms with van der Waals surface area (Å²) in [7, 11) is 0. The zero-order chi connectivity index (χ0) is 14.5. The molecular weight excluding hydrogens is 258 g/mol. The Labute approximate surface area is 117 Å².